The highest BCUT2D eigenvalue weighted by molar-refractivity contribution is 5.98. The fraction of sp³-hybridized carbons (Fsp3) is 0.286. The first-order valence-electron chi connectivity index (χ1n) is 8.74. The third-order valence-electron chi connectivity index (χ3n) is 5.31. The molecule has 3 heterocycles. The average molecular weight is 317 g/mol. The zero-order valence-electron chi connectivity index (χ0n) is 13.5. The Bertz CT molecular complexity index is 986. The van der Waals surface area contributed by atoms with Crippen LogP contribution < -0.4 is 10.5 Å². The Morgan fingerprint density at radius 1 is 0.958 bits per heavy atom. The molecule has 0 unspecified atom stereocenters. The molecule has 0 bridgehead atoms. The summed E-state index contributed by atoms with van der Waals surface area (Å²) in [5.74, 6) is 0. The van der Waals surface area contributed by atoms with E-state index in [-0.39, 0.29) is 5.63 Å². The molecule has 2 aromatic carbocycles. The molecular weight excluding hydrogens is 298 g/mol. The molecule has 5 rings (SSSR count). The van der Waals surface area contributed by atoms with Gasteiger partial charge in [0.2, 0.25) is 0 Å². The molecule has 3 heteroatoms. The number of hydrogen-bond acceptors (Lipinski definition) is 3. The normalized spacial score (nSPS) is 16.2. The molecule has 0 radical (unpaired) electrons. The lowest BCUT2D eigenvalue weighted by atomic mass is 9.88. The number of hydrogen-bond donors (Lipinski definition) is 0. The Labute approximate surface area is 140 Å². The van der Waals surface area contributed by atoms with E-state index in [9.17, 15) is 4.79 Å². The summed E-state index contributed by atoms with van der Waals surface area (Å²) < 4.78 is 5.71. The van der Waals surface area contributed by atoms with Gasteiger partial charge in [-0.25, -0.2) is 4.79 Å². The van der Waals surface area contributed by atoms with Crippen LogP contribution in [0.4, 0.5) is 5.69 Å². The monoisotopic (exact) mass is 317 g/mol. The average Bonchev–Trinajstić information content (AvgIpc) is 2.63. The minimum absolute atomic E-state index is 0.259. The maximum atomic E-state index is 12.2. The van der Waals surface area contributed by atoms with Gasteiger partial charge in [-0.05, 0) is 48.4 Å². The number of aryl methyl sites for hydroxylation is 2. The second-order valence-corrected chi connectivity index (χ2v) is 6.78. The van der Waals surface area contributed by atoms with Crippen molar-refractivity contribution in [3.8, 4) is 11.1 Å². The fourth-order valence-corrected chi connectivity index (χ4v) is 4.33. The van der Waals surface area contributed by atoms with Gasteiger partial charge in [-0.2, -0.15) is 0 Å². The first-order chi connectivity index (χ1) is 11.8. The molecule has 3 nitrogen and oxygen atoms in total. The maximum absolute atomic E-state index is 12.2. The van der Waals surface area contributed by atoms with E-state index in [1.807, 2.05) is 18.2 Å². The topological polar surface area (TPSA) is 33.5 Å². The van der Waals surface area contributed by atoms with Crippen LogP contribution in [0.15, 0.2) is 51.7 Å². The molecule has 0 N–H and O–H groups in total. The van der Waals surface area contributed by atoms with Crippen LogP contribution in [0.25, 0.3) is 22.1 Å². The van der Waals surface area contributed by atoms with Crippen LogP contribution in [0.5, 0.6) is 0 Å². The highest BCUT2D eigenvalue weighted by Gasteiger charge is 2.27. The first-order valence-corrected chi connectivity index (χ1v) is 8.74. The summed E-state index contributed by atoms with van der Waals surface area (Å²) in [5, 5.41) is 1.08. The smallest absolute Gasteiger partial charge is 0.336 e. The second-order valence-electron chi connectivity index (χ2n) is 6.78. The van der Waals surface area contributed by atoms with Crippen LogP contribution in [0.2, 0.25) is 0 Å². The predicted octanol–water partition coefficient (Wildman–Crippen LogP) is 4.16. The van der Waals surface area contributed by atoms with Crippen LogP contribution >= 0.6 is 0 Å². The maximum Gasteiger partial charge on any atom is 0.336 e. The lowest BCUT2D eigenvalue weighted by molar-refractivity contribution is 0.550. The van der Waals surface area contributed by atoms with Crippen molar-refractivity contribution in [3.05, 3.63) is 64.0 Å². The molecule has 0 saturated carbocycles. The molecule has 0 fully saturated rings. The van der Waals surface area contributed by atoms with E-state index < -0.39 is 0 Å². The molecule has 1 aromatic heterocycles. The highest BCUT2D eigenvalue weighted by Crippen LogP contribution is 2.41. The van der Waals surface area contributed by atoms with Crippen molar-refractivity contribution in [1.29, 1.82) is 0 Å². The number of fused-ring (bicyclic) bond motifs is 2. The molecular formula is C21H19NO2. The van der Waals surface area contributed by atoms with Gasteiger partial charge in [0, 0.05) is 35.8 Å². The second kappa shape index (κ2) is 5.23. The zero-order chi connectivity index (χ0) is 16.1. The fourth-order valence-electron chi connectivity index (χ4n) is 4.33. The minimum Gasteiger partial charge on any atom is -0.422 e. The molecule has 24 heavy (non-hydrogen) atoms. The number of anilines is 1. The van der Waals surface area contributed by atoms with Gasteiger partial charge in [0.1, 0.15) is 5.58 Å². The first kappa shape index (κ1) is 13.8. The van der Waals surface area contributed by atoms with Gasteiger partial charge in [0.05, 0.1) is 0 Å². The number of nitrogens with zero attached hydrogens (tertiary/aromatic N) is 1. The Morgan fingerprint density at radius 2 is 1.75 bits per heavy atom. The molecule has 0 aliphatic carbocycles. The van der Waals surface area contributed by atoms with Crippen molar-refractivity contribution >= 4 is 16.7 Å². The molecule has 0 spiro atoms. The summed E-state index contributed by atoms with van der Waals surface area (Å²) in [6.07, 6.45) is 4.44. The van der Waals surface area contributed by atoms with E-state index in [1.54, 1.807) is 6.07 Å². The molecule has 0 atom stereocenters. The SMILES string of the molecule is O=c1cc(-c2ccccc2)c2cc3c4c(c2o1)CCCN4CCC3. The molecule has 120 valence electrons. The Morgan fingerprint density at radius 3 is 2.58 bits per heavy atom. The van der Waals surface area contributed by atoms with Crippen LogP contribution in [-0.2, 0) is 12.8 Å². The number of rotatable bonds is 1. The van der Waals surface area contributed by atoms with Crippen molar-refractivity contribution < 1.29 is 4.42 Å². The van der Waals surface area contributed by atoms with E-state index in [4.69, 9.17) is 4.42 Å². The van der Waals surface area contributed by atoms with Gasteiger partial charge < -0.3 is 9.32 Å². The van der Waals surface area contributed by atoms with E-state index in [2.05, 4.69) is 23.1 Å². The van der Waals surface area contributed by atoms with Crippen LogP contribution in [0.3, 0.4) is 0 Å². The van der Waals surface area contributed by atoms with Gasteiger partial charge in [-0.3, -0.25) is 0 Å². The highest BCUT2D eigenvalue weighted by atomic mass is 16.4. The van der Waals surface area contributed by atoms with E-state index in [0.29, 0.717) is 0 Å². The Balaban J connectivity index is 1.89. The third kappa shape index (κ3) is 2.01. The molecule has 0 amide bonds. The standard InChI is InChI=1S/C21H19NO2/c23-19-13-17(14-6-2-1-3-7-14)18-12-15-8-4-10-22-11-5-9-16(20(15)22)21(18)24-19/h1-3,6-7,12-13H,4-5,8-11H2. The van der Waals surface area contributed by atoms with E-state index in [1.165, 1.54) is 23.2 Å². The molecule has 0 saturated heterocycles. The van der Waals surface area contributed by atoms with E-state index >= 15 is 0 Å². The van der Waals surface area contributed by atoms with Crippen LogP contribution in [0.1, 0.15) is 24.0 Å². The van der Waals surface area contributed by atoms with Crippen molar-refractivity contribution in [2.24, 2.45) is 0 Å². The van der Waals surface area contributed by atoms with Gasteiger partial charge >= 0.3 is 5.63 Å². The quantitative estimate of drug-likeness (QED) is 0.632. The van der Waals surface area contributed by atoms with Gasteiger partial charge in [0.15, 0.2) is 0 Å². The van der Waals surface area contributed by atoms with Gasteiger partial charge in [-0.1, -0.05) is 30.3 Å². The van der Waals surface area contributed by atoms with Gasteiger partial charge in [0.25, 0.3) is 0 Å². The summed E-state index contributed by atoms with van der Waals surface area (Å²) in [6, 6.07) is 14.1. The molecule has 2 aliphatic rings. The lowest BCUT2D eigenvalue weighted by Crippen LogP contribution is -2.34. The molecule has 2 aliphatic heterocycles. The van der Waals surface area contributed by atoms with Crippen molar-refractivity contribution in [3.63, 3.8) is 0 Å². The summed E-state index contributed by atoms with van der Waals surface area (Å²) in [5.41, 5.74) is 6.60. The largest absolute Gasteiger partial charge is 0.422 e. The van der Waals surface area contributed by atoms with Crippen molar-refractivity contribution in [1.82, 2.24) is 0 Å². The molecule has 3 aromatic rings. The lowest BCUT2D eigenvalue weighted by Gasteiger charge is -2.37. The summed E-state index contributed by atoms with van der Waals surface area (Å²) in [6.45, 7) is 2.24. The summed E-state index contributed by atoms with van der Waals surface area (Å²) in [4.78, 5) is 14.7. The van der Waals surface area contributed by atoms with Gasteiger partial charge in [-0.15, -0.1) is 0 Å². The summed E-state index contributed by atoms with van der Waals surface area (Å²) in [7, 11) is 0. The van der Waals surface area contributed by atoms with Crippen molar-refractivity contribution in [2.45, 2.75) is 25.7 Å². The zero-order valence-corrected chi connectivity index (χ0v) is 13.5. The van der Waals surface area contributed by atoms with E-state index in [0.717, 1.165) is 54.4 Å². The van der Waals surface area contributed by atoms with Crippen LogP contribution in [0, 0.1) is 0 Å². The van der Waals surface area contributed by atoms with Crippen LogP contribution in [-0.4, -0.2) is 13.1 Å². The third-order valence-corrected chi connectivity index (χ3v) is 5.31. The number of benzene rings is 2. The Hall–Kier alpha value is -2.55. The predicted molar refractivity (Wildman–Crippen MR) is 96.8 cm³/mol. The summed E-state index contributed by atoms with van der Waals surface area (Å²) >= 11 is 0. The Kier molecular flexibility index (Phi) is 3.02. The minimum atomic E-state index is -0.259. The van der Waals surface area contributed by atoms with Crippen molar-refractivity contribution in [2.75, 3.05) is 18.0 Å².